The highest BCUT2D eigenvalue weighted by Gasteiger charge is 2.28. The van der Waals surface area contributed by atoms with Crippen LogP contribution < -0.4 is 14.4 Å². The second-order valence-corrected chi connectivity index (χ2v) is 9.48. The van der Waals surface area contributed by atoms with Crippen LogP contribution in [-0.2, 0) is 21.4 Å². The number of methoxy groups -OCH3 is 1. The van der Waals surface area contributed by atoms with Crippen LogP contribution in [0.15, 0.2) is 71.6 Å². The molecule has 0 saturated carbocycles. The molecule has 3 aromatic rings. The van der Waals surface area contributed by atoms with Gasteiger partial charge in [-0.2, -0.15) is 0 Å². The summed E-state index contributed by atoms with van der Waals surface area (Å²) in [6, 6.07) is 17.6. The van der Waals surface area contributed by atoms with Crippen molar-refractivity contribution >= 4 is 39.5 Å². The molecule has 0 radical (unpaired) electrons. The number of ether oxygens (including phenoxy) is 1. The van der Waals surface area contributed by atoms with Crippen LogP contribution in [0.1, 0.15) is 21.5 Å². The summed E-state index contributed by atoms with van der Waals surface area (Å²) in [5.41, 5.74) is 2.04. The van der Waals surface area contributed by atoms with E-state index >= 15 is 0 Å². The molecule has 0 atom stereocenters. The van der Waals surface area contributed by atoms with Crippen molar-refractivity contribution in [3.8, 4) is 5.75 Å². The van der Waals surface area contributed by atoms with Gasteiger partial charge >= 0.3 is 0 Å². The molecule has 0 aliphatic carbocycles. The molecule has 0 heterocycles. The molecular formula is C24H23ClN2O5S. The average Bonchev–Trinajstić information content (AvgIpc) is 2.83. The van der Waals surface area contributed by atoms with Crippen molar-refractivity contribution in [2.45, 2.75) is 18.4 Å². The van der Waals surface area contributed by atoms with E-state index in [4.69, 9.17) is 16.3 Å². The number of carbonyl (C=O) groups is 2. The van der Waals surface area contributed by atoms with Gasteiger partial charge in [-0.1, -0.05) is 35.9 Å². The van der Waals surface area contributed by atoms with Gasteiger partial charge in [-0.3, -0.25) is 13.9 Å². The number of hydrogen-bond donors (Lipinski definition) is 1. The molecule has 9 heteroatoms. The fourth-order valence-corrected chi connectivity index (χ4v) is 4.85. The quantitative estimate of drug-likeness (QED) is 0.462. The smallest absolute Gasteiger partial charge is 0.264 e. The van der Waals surface area contributed by atoms with E-state index in [0.29, 0.717) is 27.6 Å². The lowest BCUT2D eigenvalue weighted by Crippen LogP contribution is -2.41. The molecule has 3 rings (SSSR count). The topological polar surface area (TPSA) is 92.8 Å². The summed E-state index contributed by atoms with van der Waals surface area (Å²) in [5, 5.41) is 3.10. The summed E-state index contributed by atoms with van der Waals surface area (Å²) in [6.45, 7) is 1.38. The van der Waals surface area contributed by atoms with Crippen LogP contribution in [0.3, 0.4) is 0 Å². The van der Waals surface area contributed by atoms with E-state index in [9.17, 15) is 18.0 Å². The van der Waals surface area contributed by atoms with Crippen LogP contribution in [0.25, 0.3) is 0 Å². The summed E-state index contributed by atoms with van der Waals surface area (Å²) < 4.78 is 33.2. The number of aldehydes is 1. The van der Waals surface area contributed by atoms with E-state index in [1.54, 1.807) is 49.4 Å². The SMILES string of the molecule is COc1ccc(S(=O)(=O)N(CC(=O)NCc2cccc(C=O)c2)c2cccc(Cl)c2C)cc1. The number of amides is 1. The Bertz CT molecular complexity index is 1260. The van der Waals surface area contributed by atoms with Gasteiger partial charge in [0.1, 0.15) is 18.6 Å². The van der Waals surface area contributed by atoms with Gasteiger partial charge in [0.25, 0.3) is 10.0 Å². The Hall–Kier alpha value is -3.36. The lowest BCUT2D eigenvalue weighted by molar-refractivity contribution is -0.119. The van der Waals surface area contributed by atoms with Crippen molar-refractivity contribution in [2.24, 2.45) is 0 Å². The fraction of sp³-hybridized carbons (Fsp3) is 0.167. The third kappa shape index (κ3) is 5.71. The zero-order chi connectivity index (χ0) is 24.0. The maximum Gasteiger partial charge on any atom is 0.264 e. The first kappa shape index (κ1) is 24.3. The predicted octanol–water partition coefficient (Wildman–Crippen LogP) is 3.98. The van der Waals surface area contributed by atoms with Crippen LogP contribution in [0, 0.1) is 6.92 Å². The fourth-order valence-electron chi connectivity index (χ4n) is 3.20. The van der Waals surface area contributed by atoms with Gasteiger partial charge in [-0.15, -0.1) is 0 Å². The number of nitrogens with zero attached hydrogens (tertiary/aromatic N) is 1. The van der Waals surface area contributed by atoms with E-state index in [0.717, 1.165) is 16.2 Å². The monoisotopic (exact) mass is 486 g/mol. The molecule has 1 amide bonds. The number of carbonyl (C=O) groups excluding carboxylic acids is 2. The van der Waals surface area contributed by atoms with Crippen molar-refractivity contribution in [3.05, 3.63) is 88.4 Å². The largest absolute Gasteiger partial charge is 0.497 e. The summed E-state index contributed by atoms with van der Waals surface area (Å²) in [7, 11) is -2.61. The van der Waals surface area contributed by atoms with Gasteiger partial charge in [0.2, 0.25) is 5.91 Å². The van der Waals surface area contributed by atoms with E-state index < -0.39 is 22.5 Å². The second kappa shape index (κ2) is 10.5. The highest BCUT2D eigenvalue weighted by Crippen LogP contribution is 2.31. The molecule has 172 valence electrons. The van der Waals surface area contributed by atoms with Crippen LogP contribution in [0.4, 0.5) is 5.69 Å². The molecule has 0 unspecified atom stereocenters. The van der Waals surface area contributed by atoms with Gasteiger partial charge < -0.3 is 10.1 Å². The molecular weight excluding hydrogens is 464 g/mol. The molecule has 33 heavy (non-hydrogen) atoms. The highest BCUT2D eigenvalue weighted by atomic mass is 35.5. The summed E-state index contributed by atoms with van der Waals surface area (Å²) in [5.74, 6) is -0.00213. The van der Waals surface area contributed by atoms with Crippen molar-refractivity contribution in [2.75, 3.05) is 18.0 Å². The third-order valence-corrected chi connectivity index (χ3v) is 7.20. The number of rotatable bonds is 9. The van der Waals surface area contributed by atoms with Crippen molar-refractivity contribution in [1.29, 1.82) is 0 Å². The molecule has 7 nitrogen and oxygen atoms in total. The van der Waals surface area contributed by atoms with Crippen LogP contribution in [0.5, 0.6) is 5.75 Å². The van der Waals surface area contributed by atoms with Crippen molar-refractivity contribution in [1.82, 2.24) is 5.32 Å². The number of anilines is 1. The predicted molar refractivity (Wildman–Crippen MR) is 127 cm³/mol. The molecule has 0 fully saturated rings. The Morgan fingerprint density at radius 2 is 1.79 bits per heavy atom. The summed E-state index contributed by atoms with van der Waals surface area (Å²) in [6.07, 6.45) is 0.719. The number of nitrogens with one attached hydrogen (secondary N) is 1. The number of sulfonamides is 1. The summed E-state index contributed by atoms with van der Waals surface area (Å²) >= 11 is 6.23. The number of halogens is 1. The molecule has 0 aliphatic rings. The van der Waals surface area contributed by atoms with Crippen LogP contribution in [-0.4, -0.2) is 34.3 Å². The van der Waals surface area contributed by atoms with E-state index in [-0.39, 0.29) is 11.4 Å². The van der Waals surface area contributed by atoms with Gasteiger partial charge in [-0.05, 0) is 60.5 Å². The van der Waals surface area contributed by atoms with Crippen LogP contribution >= 0.6 is 11.6 Å². The van der Waals surface area contributed by atoms with E-state index in [1.807, 2.05) is 0 Å². The van der Waals surface area contributed by atoms with E-state index in [1.165, 1.54) is 31.4 Å². The van der Waals surface area contributed by atoms with Gasteiger partial charge in [0.05, 0.1) is 17.7 Å². The summed E-state index contributed by atoms with van der Waals surface area (Å²) in [4.78, 5) is 23.8. The molecule has 0 spiro atoms. The van der Waals surface area contributed by atoms with Gasteiger partial charge in [-0.25, -0.2) is 8.42 Å². The minimum absolute atomic E-state index is 0.00848. The number of hydrogen-bond acceptors (Lipinski definition) is 5. The third-order valence-electron chi connectivity index (χ3n) is 5.02. The maximum absolute atomic E-state index is 13.5. The van der Waals surface area contributed by atoms with Gasteiger partial charge in [0, 0.05) is 17.1 Å². The Labute approximate surface area is 198 Å². The van der Waals surface area contributed by atoms with Crippen molar-refractivity contribution in [3.63, 3.8) is 0 Å². The first-order valence-corrected chi connectivity index (χ1v) is 11.8. The Balaban J connectivity index is 1.90. The molecule has 1 N–H and O–H groups in total. The lowest BCUT2D eigenvalue weighted by atomic mass is 10.1. The minimum atomic E-state index is -4.10. The maximum atomic E-state index is 13.5. The lowest BCUT2D eigenvalue weighted by Gasteiger charge is -2.26. The van der Waals surface area contributed by atoms with Gasteiger partial charge in [0.15, 0.2) is 0 Å². The standard InChI is InChI=1S/C24H23ClN2O5S/c1-17-22(25)7-4-8-23(17)27(33(30,31)21-11-9-20(32-2)10-12-21)15-24(29)26-14-18-5-3-6-19(13-18)16-28/h3-13,16H,14-15H2,1-2H3,(H,26,29). The Morgan fingerprint density at radius 3 is 2.45 bits per heavy atom. The Kier molecular flexibility index (Phi) is 7.73. The highest BCUT2D eigenvalue weighted by molar-refractivity contribution is 7.92. The van der Waals surface area contributed by atoms with Crippen molar-refractivity contribution < 1.29 is 22.7 Å². The number of benzene rings is 3. The first-order valence-electron chi connectivity index (χ1n) is 9.99. The second-order valence-electron chi connectivity index (χ2n) is 7.21. The molecule has 0 bridgehead atoms. The zero-order valence-electron chi connectivity index (χ0n) is 18.1. The minimum Gasteiger partial charge on any atom is -0.497 e. The zero-order valence-corrected chi connectivity index (χ0v) is 19.7. The molecule has 0 aromatic heterocycles. The van der Waals surface area contributed by atoms with E-state index in [2.05, 4.69) is 5.32 Å². The average molecular weight is 487 g/mol. The molecule has 0 saturated heterocycles. The molecule has 3 aromatic carbocycles. The first-order chi connectivity index (χ1) is 15.8. The van der Waals surface area contributed by atoms with Crippen LogP contribution in [0.2, 0.25) is 5.02 Å². The molecule has 0 aliphatic heterocycles. The normalized spacial score (nSPS) is 11.0. The Morgan fingerprint density at radius 1 is 1.09 bits per heavy atom.